The van der Waals surface area contributed by atoms with E-state index in [-0.39, 0.29) is 6.29 Å². The molecule has 14 heavy (non-hydrogen) atoms. The third kappa shape index (κ3) is 5.19. The Morgan fingerprint density at radius 3 is 2.64 bits per heavy atom. The number of hydrogen-bond donors (Lipinski definition) is 3. The van der Waals surface area contributed by atoms with E-state index >= 15 is 0 Å². The monoisotopic (exact) mass is 200 g/mol. The quantitative estimate of drug-likeness (QED) is 0.318. The Morgan fingerprint density at radius 2 is 2.00 bits per heavy atom. The number of nitrogens with one attached hydrogen (secondary N) is 1. The van der Waals surface area contributed by atoms with Crippen molar-refractivity contribution in [3.05, 3.63) is 0 Å². The van der Waals surface area contributed by atoms with E-state index in [4.69, 9.17) is 0 Å². The van der Waals surface area contributed by atoms with Crippen molar-refractivity contribution >= 4 is 6.21 Å². The molecule has 0 unspecified atom stereocenters. The molecule has 0 aromatic carbocycles. The normalized spacial score (nSPS) is 19.4. The summed E-state index contributed by atoms with van der Waals surface area (Å²) < 4.78 is 0. The number of hydrazone groups is 1. The third-order valence-corrected chi connectivity index (χ3v) is 2.78. The Balaban J connectivity index is 1.99. The average Bonchev–Trinajstić information content (AvgIpc) is 2.18. The first-order valence-electron chi connectivity index (χ1n) is 5.72. The molecule has 4 nitrogen and oxygen atoms in total. The van der Waals surface area contributed by atoms with Crippen LogP contribution in [-0.4, -0.2) is 12.5 Å². The van der Waals surface area contributed by atoms with Crippen LogP contribution in [0.1, 0.15) is 44.9 Å². The Labute approximate surface area is 86.1 Å². The third-order valence-electron chi connectivity index (χ3n) is 2.78. The molecule has 0 bridgehead atoms. The molecule has 1 fully saturated rings. The van der Waals surface area contributed by atoms with Gasteiger partial charge in [-0.3, -0.25) is 11.5 Å². The van der Waals surface area contributed by atoms with Gasteiger partial charge in [0.15, 0.2) is 0 Å². The predicted octanol–water partition coefficient (Wildman–Crippen LogP) is -0.310. The maximum absolute atomic E-state index is 4.06. The number of rotatable bonds is 5. The molecule has 0 amide bonds. The fourth-order valence-electron chi connectivity index (χ4n) is 2.01. The first kappa shape index (κ1) is 11.5. The molecule has 4 heteroatoms. The molecule has 82 valence electrons. The van der Waals surface area contributed by atoms with E-state index in [0.29, 0.717) is 0 Å². The van der Waals surface area contributed by atoms with Crippen LogP contribution in [0.15, 0.2) is 5.10 Å². The molecular formula is C10H24N4+2. The van der Waals surface area contributed by atoms with Crippen molar-refractivity contribution in [1.82, 2.24) is 5.43 Å². The van der Waals surface area contributed by atoms with Gasteiger partial charge in [0.25, 0.3) is 0 Å². The van der Waals surface area contributed by atoms with Crippen LogP contribution in [0.5, 0.6) is 0 Å². The molecule has 1 aliphatic rings. The van der Waals surface area contributed by atoms with Crippen LogP contribution in [0.2, 0.25) is 0 Å². The first-order valence-corrected chi connectivity index (χ1v) is 5.72. The molecule has 7 N–H and O–H groups in total. The first-order chi connectivity index (χ1) is 6.79. The van der Waals surface area contributed by atoms with Crippen molar-refractivity contribution in [2.24, 2.45) is 11.0 Å². The average molecular weight is 200 g/mol. The van der Waals surface area contributed by atoms with Crippen molar-refractivity contribution in [3.8, 4) is 0 Å². The Hall–Kier alpha value is -0.610. The SMILES string of the molecule is [NH3+]C([NH3+])N/N=C\CCC1CCCCC1. The molecule has 0 aromatic rings. The van der Waals surface area contributed by atoms with Gasteiger partial charge >= 0.3 is 6.29 Å². The zero-order valence-corrected chi connectivity index (χ0v) is 9.04. The molecule has 1 aliphatic carbocycles. The summed E-state index contributed by atoms with van der Waals surface area (Å²) in [6.07, 6.45) is 11.5. The molecule has 0 saturated heterocycles. The second-order valence-electron chi connectivity index (χ2n) is 4.22. The predicted molar refractivity (Wildman–Crippen MR) is 57.0 cm³/mol. The van der Waals surface area contributed by atoms with Gasteiger partial charge < -0.3 is 0 Å². The van der Waals surface area contributed by atoms with Gasteiger partial charge in [-0.05, 0) is 18.8 Å². The minimum absolute atomic E-state index is 0.0408. The van der Waals surface area contributed by atoms with Gasteiger partial charge in [-0.2, -0.15) is 5.10 Å². The van der Waals surface area contributed by atoms with E-state index in [1.165, 1.54) is 38.5 Å². The van der Waals surface area contributed by atoms with Crippen molar-refractivity contribution in [2.75, 3.05) is 0 Å². The van der Waals surface area contributed by atoms with Crippen molar-refractivity contribution < 1.29 is 11.5 Å². The minimum atomic E-state index is -0.0408. The van der Waals surface area contributed by atoms with Crippen molar-refractivity contribution in [3.63, 3.8) is 0 Å². The van der Waals surface area contributed by atoms with Gasteiger partial charge in [0.05, 0.1) is 0 Å². The molecular weight excluding hydrogens is 176 g/mol. The van der Waals surface area contributed by atoms with E-state index in [2.05, 4.69) is 22.0 Å². The van der Waals surface area contributed by atoms with E-state index in [9.17, 15) is 0 Å². The maximum Gasteiger partial charge on any atom is 0.302 e. The van der Waals surface area contributed by atoms with Gasteiger partial charge in [-0.25, -0.2) is 5.43 Å². The van der Waals surface area contributed by atoms with Gasteiger partial charge in [-0.15, -0.1) is 0 Å². The van der Waals surface area contributed by atoms with Crippen LogP contribution in [0, 0.1) is 5.92 Å². The van der Waals surface area contributed by atoms with Gasteiger partial charge in [0.2, 0.25) is 0 Å². The molecule has 0 atom stereocenters. The number of nitrogens with zero attached hydrogens (tertiary/aromatic N) is 1. The summed E-state index contributed by atoms with van der Waals surface area (Å²) in [6.45, 7) is 0. The lowest BCUT2D eigenvalue weighted by Crippen LogP contribution is -2.89. The minimum Gasteiger partial charge on any atom is -0.288 e. The maximum atomic E-state index is 4.06. The smallest absolute Gasteiger partial charge is 0.288 e. The zero-order chi connectivity index (χ0) is 10.2. The Bertz CT molecular complexity index is 162. The zero-order valence-electron chi connectivity index (χ0n) is 9.04. The van der Waals surface area contributed by atoms with E-state index in [0.717, 1.165) is 12.3 Å². The van der Waals surface area contributed by atoms with Crippen LogP contribution in [0.25, 0.3) is 0 Å². The van der Waals surface area contributed by atoms with Crippen LogP contribution < -0.4 is 16.9 Å². The lowest BCUT2D eigenvalue weighted by Gasteiger charge is -2.20. The number of quaternary nitrogens is 2. The summed E-state index contributed by atoms with van der Waals surface area (Å²) >= 11 is 0. The standard InChI is InChI=1S/C10H22N4/c11-10(12)14-13-8-4-7-9-5-2-1-3-6-9/h8-10,14H,1-7,11-12H2/p+2/b13-8-. The van der Waals surface area contributed by atoms with Gasteiger partial charge in [0.1, 0.15) is 0 Å². The second kappa shape index (κ2) is 6.79. The summed E-state index contributed by atoms with van der Waals surface area (Å²) in [5, 5.41) is 4.06. The fourth-order valence-corrected chi connectivity index (χ4v) is 2.01. The molecule has 1 rings (SSSR count). The highest BCUT2D eigenvalue weighted by Gasteiger charge is 2.11. The fraction of sp³-hybridized carbons (Fsp3) is 0.900. The largest absolute Gasteiger partial charge is 0.302 e. The van der Waals surface area contributed by atoms with Crippen molar-refractivity contribution in [2.45, 2.75) is 51.2 Å². The lowest BCUT2D eigenvalue weighted by atomic mass is 9.86. The van der Waals surface area contributed by atoms with Crippen LogP contribution in [0.3, 0.4) is 0 Å². The summed E-state index contributed by atoms with van der Waals surface area (Å²) in [6, 6.07) is 0. The van der Waals surface area contributed by atoms with E-state index in [1.54, 1.807) is 0 Å². The molecule has 0 radical (unpaired) electrons. The molecule has 0 spiro atoms. The number of hydrogen-bond acceptors (Lipinski definition) is 2. The highest BCUT2D eigenvalue weighted by Crippen LogP contribution is 2.26. The van der Waals surface area contributed by atoms with Crippen molar-refractivity contribution in [1.29, 1.82) is 0 Å². The highest BCUT2D eigenvalue weighted by atomic mass is 15.4. The van der Waals surface area contributed by atoms with E-state index < -0.39 is 0 Å². The Morgan fingerprint density at radius 1 is 1.29 bits per heavy atom. The molecule has 0 aliphatic heterocycles. The summed E-state index contributed by atoms with van der Waals surface area (Å²) in [4.78, 5) is 0. The molecule has 0 heterocycles. The van der Waals surface area contributed by atoms with E-state index in [1.807, 2.05) is 6.21 Å². The lowest BCUT2D eigenvalue weighted by molar-refractivity contribution is -0.666. The summed E-state index contributed by atoms with van der Waals surface area (Å²) in [5.74, 6) is 0.950. The van der Waals surface area contributed by atoms with Crippen LogP contribution in [0.4, 0.5) is 0 Å². The van der Waals surface area contributed by atoms with Gasteiger partial charge in [0, 0.05) is 6.21 Å². The summed E-state index contributed by atoms with van der Waals surface area (Å²) in [7, 11) is 0. The topological polar surface area (TPSA) is 79.7 Å². The second-order valence-corrected chi connectivity index (χ2v) is 4.22. The van der Waals surface area contributed by atoms with Crippen LogP contribution >= 0.6 is 0 Å². The summed E-state index contributed by atoms with van der Waals surface area (Å²) in [5.41, 5.74) is 10.2. The van der Waals surface area contributed by atoms with Crippen LogP contribution in [-0.2, 0) is 0 Å². The molecule has 1 saturated carbocycles. The Kier molecular flexibility index (Phi) is 5.56. The highest BCUT2D eigenvalue weighted by molar-refractivity contribution is 5.56. The van der Waals surface area contributed by atoms with Gasteiger partial charge in [-0.1, -0.05) is 32.1 Å². The molecule has 0 aromatic heterocycles.